The average molecular weight is 564 g/mol. The summed E-state index contributed by atoms with van der Waals surface area (Å²) in [5.74, 6) is -0.661. The molecule has 0 radical (unpaired) electrons. The molecule has 1 amide bonds. The second kappa shape index (κ2) is 11.2. The van der Waals surface area contributed by atoms with Crippen LogP contribution in [0.3, 0.4) is 0 Å². The zero-order valence-corrected chi connectivity index (χ0v) is 23.0. The molecule has 0 bridgehead atoms. The smallest absolute Gasteiger partial charge is 0.455 e. The first-order valence-corrected chi connectivity index (χ1v) is 14.7. The van der Waals surface area contributed by atoms with Crippen LogP contribution in [0.5, 0.6) is 0 Å². The van der Waals surface area contributed by atoms with E-state index in [1.54, 1.807) is 30.3 Å². The van der Waals surface area contributed by atoms with Crippen LogP contribution in [0.2, 0.25) is 0 Å². The SMILES string of the molecule is CNC(=O)c1c(-c2ccc(F)cc2)oc2cc(CS(=O)(=O)NCC(C)c3ccc(B(O)O)cc3)c(C3CC3)cc12. The molecular weight excluding hydrogens is 534 g/mol. The molecular formula is C29H30BFN2O6S. The molecule has 40 heavy (non-hydrogen) atoms. The number of benzene rings is 3. The van der Waals surface area contributed by atoms with Crippen LogP contribution in [-0.4, -0.2) is 45.1 Å². The zero-order chi connectivity index (χ0) is 28.6. The first kappa shape index (κ1) is 28.0. The van der Waals surface area contributed by atoms with Crippen molar-refractivity contribution >= 4 is 39.5 Å². The molecule has 3 aromatic carbocycles. The molecule has 1 saturated carbocycles. The third kappa shape index (κ3) is 5.97. The Morgan fingerprint density at radius 3 is 2.38 bits per heavy atom. The highest BCUT2D eigenvalue weighted by molar-refractivity contribution is 7.88. The summed E-state index contributed by atoms with van der Waals surface area (Å²) in [4.78, 5) is 12.9. The van der Waals surface area contributed by atoms with Gasteiger partial charge in [0.2, 0.25) is 10.0 Å². The van der Waals surface area contributed by atoms with Gasteiger partial charge in [-0.3, -0.25) is 4.79 Å². The quantitative estimate of drug-likeness (QED) is 0.219. The van der Waals surface area contributed by atoms with Gasteiger partial charge in [-0.1, -0.05) is 31.2 Å². The highest BCUT2D eigenvalue weighted by atomic mass is 32.2. The van der Waals surface area contributed by atoms with Crippen LogP contribution in [-0.2, 0) is 15.8 Å². The Labute approximate surface area is 232 Å². The number of amides is 1. The van der Waals surface area contributed by atoms with Crippen LogP contribution in [0, 0.1) is 5.82 Å². The van der Waals surface area contributed by atoms with Crippen molar-refractivity contribution in [1.82, 2.24) is 10.0 Å². The second-order valence-electron chi connectivity index (χ2n) is 10.3. The number of fused-ring (bicyclic) bond motifs is 1. The van der Waals surface area contributed by atoms with E-state index >= 15 is 0 Å². The van der Waals surface area contributed by atoms with Crippen molar-refractivity contribution in [1.29, 1.82) is 0 Å². The van der Waals surface area contributed by atoms with Crippen LogP contribution >= 0.6 is 0 Å². The van der Waals surface area contributed by atoms with Gasteiger partial charge in [0.05, 0.1) is 11.3 Å². The van der Waals surface area contributed by atoms with Crippen molar-refractivity contribution in [3.05, 3.63) is 88.7 Å². The highest BCUT2D eigenvalue weighted by Gasteiger charge is 2.31. The Bertz CT molecular complexity index is 1650. The van der Waals surface area contributed by atoms with Gasteiger partial charge in [0.15, 0.2) is 0 Å². The highest BCUT2D eigenvalue weighted by Crippen LogP contribution is 2.45. The predicted molar refractivity (Wildman–Crippen MR) is 152 cm³/mol. The molecule has 1 unspecified atom stereocenters. The maximum atomic E-state index is 13.6. The molecule has 4 aromatic rings. The normalized spacial score (nSPS) is 14.3. The van der Waals surface area contributed by atoms with Gasteiger partial charge in [0, 0.05) is 24.5 Å². The number of hydrogen-bond acceptors (Lipinski definition) is 6. The Balaban J connectivity index is 1.44. The van der Waals surface area contributed by atoms with Crippen molar-refractivity contribution in [2.45, 2.75) is 37.4 Å². The van der Waals surface area contributed by atoms with E-state index in [1.807, 2.05) is 13.0 Å². The fraction of sp³-hybridized carbons (Fsp3) is 0.276. The van der Waals surface area contributed by atoms with E-state index in [2.05, 4.69) is 10.0 Å². The minimum Gasteiger partial charge on any atom is -0.455 e. The van der Waals surface area contributed by atoms with Crippen LogP contribution in [0.15, 0.2) is 65.1 Å². The maximum Gasteiger partial charge on any atom is 0.488 e. The summed E-state index contributed by atoms with van der Waals surface area (Å²) in [7, 11) is -3.77. The fourth-order valence-electron chi connectivity index (χ4n) is 4.88. The number of nitrogens with one attached hydrogen (secondary N) is 2. The first-order valence-electron chi connectivity index (χ1n) is 13.1. The van der Waals surface area contributed by atoms with Gasteiger partial charge in [0.1, 0.15) is 17.2 Å². The van der Waals surface area contributed by atoms with Crippen LogP contribution in [0.1, 0.15) is 58.6 Å². The lowest BCUT2D eigenvalue weighted by Gasteiger charge is -2.15. The fourth-order valence-corrected chi connectivity index (χ4v) is 6.14. The van der Waals surface area contributed by atoms with E-state index in [1.165, 1.54) is 31.3 Å². The number of carbonyl (C=O) groups is 1. The minimum atomic E-state index is -3.73. The molecule has 1 heterocycles. The third-order valence-electron chi connectivity index (χ3n) is 7.29. The standard InChI is InChI=1S/C29H30BFN2O6S/c1-17(18-5-9-22(10-6-18)30(35)36)15-33-40(37,38)16-21-13-26-25(14-24(21)19-3-4-19)27(29(34)32-2)28(39-26)20-7-11-23(31)12-8-20/h5-14,17,19,33,35-36H,3-4,15-16H2,1-2H3,(H,32,34). The van der Waals surface area contributed by atoms with Crippen LogP contribution in [0.4, 0.5) is 4.39 Å². The van der Waals surface area contributed by atoms with Crippen molar-refractivity contribution in [2.24, 2.45) is 0 Å². The Kier molecular flexibility index (Phi) is 7.83. The third-order valence-corrected chi connectivity index (χ3v) is 8.58. The molecule has 1 aliphatic rings. The van der Waals surface area contributed by atoms with Crippen molar-refractivity contribution in [3.8, 4) is 11.3 Å². The van der Waals surface area contributed by atoms with E-state index < -0.39 is 23.0 Å². The van der Waals surface area contributed by atoms with Crippen LogP contribution < -0.4 is 15.5 Å². The number of carbonyl (C=O) groups excluding carboxylic acids is 1. The van der Waals surface area contributed by atoms with E-state index in [4.69, 9.17) is 4.42 Å². The van der Waals surface area contributed by atoms with Crippen molar-refractivity contribution < 1.29 is 32.1 Å². The molecule has 208 valence electrons. The molecule has 5 rings (SSSR count). The molecule has 1 aliphatic carbocycles. The average Bonchev–Trinajstić information content (AvgIpc) is 3.71. The maximum absolute atomic E-state index is 13.6. The van der Waals surface area contributed by atoms with Crippen LogP contribution in [0.25, 0.3) is 22.3 Å². The molecule has 11 heteroatoms. The van der Waals surface area contributed by atoms with Crippen molar-refractivity contribution in [3.63, 3.8) is 0 Å². The van der Waals surface area contributed by atoms with E-state index in [-0.39, 0.29) is 30.0 Å². The lowest BCUT2D eigenvalue weighted by molar-refractivity contribution is 0.0964. The second-order valence-corrected chi connectivity index (χ2v) is 12.1. The number of rotatable bonds is 10. The zero-order valence-electron chi connectivity index (χ0n) is 22.1. The van der Waals surface area contributed by atoms with Gasteiger partial charge in [0.25, 0.3) is 5.91 Å². The Hall–Kier alpha value is -3.51. The lowest BCUT2D eigenvalue weighted by atomic mass is 9.79. The summed E-state index contributed by atoms with van der Waals surface area (Å²) in [5.41, 5.74) is 3.95. The number of sulfonamides is 1. The van der Waals surface area contributed by atoms with Gasteiger partial charge in [-0.15, -0.1) is 0 Å². The molecule has 1 aromatic heterocycles. The topological polar surface area (TPSA) is 129 Å². The monoisotopic (exact) mass is 564 g/mol. The first-order chi connectivity index (χ1) is 19.1. The Morgan fingerprint density at radius 2 is 1.77 bits per heavy atom. The van der Waals surface area contributed by atoms with E-state index in [0.717, 1.165) is 24.0 Å². The van der Waals surface area contributed by atoms with Gasteiger partial charge in [-0.25, -0.2) is 17.5 Å². The summed E-state index contributed by atoms with van der Waals surface area (Å²) in [5, 5.41) is 21.8. The Morgan fingerprint density at radius 1 is 1.10 bits per heavy atom. The van der Waals surface area contributed by atoms with E-state index in [0.29, 0.717) is 38.9 Å². The molecule has 8 nitrogen and oxygen atoms in total. The summed E-state index contributed by atoms with van der Waals surface area (Å²) in [6.45, 7) is 2.05. The van der Waals surface area contributed by atoms with Crippen molar-refractivity contribution in [2.75, 3.05) is 13.6 Å². The van der Waals surface area contributed by atoms with Gasteiger partial charge in [-0.2, -0.15) is 0 Å². The number of furan rings is 1. The minimum absolute atomic E-state index is 0.150. The summed E-state index contributed by atoms with van der Waals surface area (Å²) >= 11 is 0. The molecule has 1 fully saturated rings. The van der Waals surface area contributed by atoms with Gasteiger partial charge >= 0.3 is 7.12 Å². The molecule has 1 atom stereocenters. The van der Waals surface area contributed by atoms with E-state index in [9.17, 15) is 27.7 Å². The summed E-state index contributed by atoms with van der Waals surface area (Å²) < 4.78 is 48.7. The predicted octanol–water partition coefficient (Wildman–Crippen LogP) is 3.38. The molecule has 0 spiro atoms. The number of hydrogen-bond donors (Lipinski definition) is 4. The molecule has 0 aliphatic heterocycles. The largest absolute Gasteiger partial charge is 0.488 e. The molecule has 0 saturated heterocycles. The van der Waals surface area contributed by atoms with Gasteiger partial charge in [-0.05, 0) is 83.2 Å². The summed E-state index contributed by atoms with van der Waals surface area (Å²) in [6, 6.07) is 15.9. The lowest BCUT2D eigenvalue weighted by Crippen LogP contribution is -2.30. The molecule has 4 N–H and O–H groups in total. The number of halogens is 1. The van der Waals surface area contributed by atoms with Gasteiger partial charge < -0.3 is 19.8 Å². The summed E-state index contributed by atoms with van der Waals surface area (Å²) in [6.07, 6.45) is 1.86.